The van der Waals surface area contributed by atoms with E-state index in [1.54, 1.807) is 0 Å². The summed E-state index contributed by atoms with van der Waals surface area (Å²) in [6, 6.07) is 47.3. The quantitative estimate of drug-likeness (QED) is 0.0381. The molecule has 6 heteroatoms. The predicted molar refractivity (Wildman–Crippen MR) is 309 cm³/mol. The van der Waals surface area contributed by atoms with Crippen molar-refractivity contribution in [1.29, 1.82) is 0 Å². The van der Waals surface area contributed by atoms with E-state index in [-0.39, 0.29) is 0 Å². The van der Waals surface area contributed by atoms with Crippen LogP contribution in [0.4, 0.5) is 56.9 Å². The molecule has 5 rings (SSSR count). The van der Waals surface area contributed by atoms with E-state index in [1.807, 2.05) is 0 Å². The summed E-state index contributed by atoms with van der Waals surface area (Å²) in [5.41, 5.74) is 12.5. The zero-order valence-electron chi connectivity index (χ0n) is 45.2. The molecule has 69 heavy (non-hydrogen) atoms. The summed E-state index contributed by atoms with van der Waals surface area (Å²) in [4.78, 5) is 12.8. The second-order valence-electron chi connectivity index (χ2n) is 19.7. The van der Waals surface area contributed by atoms with Gasteiger partial charge in [-0.25, -0.2) is 4.48 Å². The second-order valence-corrected chi connectivity index (χ2v) is 19.7. The molecule has 0 unspecified atom stereocenters. The predicted octanol–water partition coefficient (Wildman–Crippen LogP) is 18.4. The summed E-state index contributed by atoms with van der Waals surface area (Å²) >= 11 is 0. The standard InChI is InChI=1S/C63H95N6/c1-10-18-46-64(47-19-11-2)54-26-30-58(31-27-54)68(59-32-28-55(29-33-59)65(48-20-12-3)49-21-13-4)60-38-44-63(45-39-60)69(9,61-40-34-56(35-41-61)66(50-22-14-5)51-23-15-6)62-42-36-57(37-43-62)67(52-24-16-7)53-25-17-8/h26-45H,10-25,46-53H2,1-9H3/q+1. The molecule has 0 aromatic heterocycles. The minimum absolute atomic E-state index is 0.564. The average Bonchev–Trinajstić information content (AvgIpc) is 3.39. The first-order chi connectivity index (χ1) is 33.8. The van der Waals surface area contributed by atoms with Crippen LogP contribution in [0.3, 0.4) is 0 Å². The summed E-state index contributed by atoms with van der Waals surface area (Å²) in [7, 11) is 2.39. The molecule has 0 radical (unpaired) electrons. The SMILES string of the molecule is CCCCN(CCCC)c1ccc(N(c2ccc(N(CCCC)CCCC)cc2)c2ccc([N+](C)(c3ccc(N(CCCC)CCCC)cc3)c3ccc(N(CCCC)CCCC)cc3)cc2)cc1. The lowest BCUT2D eigenvalue weighted by Gasteiger charge is -2.35. The summed E-state index contributed by atoms with van der Waals surface area (Å²) in [6.07, 6.45) is 19.3. The van der Waals surface area contributed by atoms with Crippen LogP contribution in [-0.4, -0.2) is 59.4 Å². The van der Waals surface area contributed by atoms with Crippen molar-refractivity contribution in [3.05, 3.63) is 121 Å². The van der Waals surface area contributed by atoms with E-state index in [1.165, 1.54) is 154 Å². The topological polar surface area (TPSA) is 16.2 Å². The van der Waals surface area contributed by atoms with Crippen LogP contribution in [0.25, 0.3) is 0 Å². The van der Waals surface area contributed by atoms with Gasteiger partial charge in [0.2, 0.25) is 0 Å². The van der Waals surface area contributed by atoms with Gasteiger partial charge in [-0.2, -0.15) is 0 Å². The van der Waals surface area contributed by atoms with Crippen molar-refractivity contribution in [3.63, 3.8) is 0 Å². The molecule has 376 valence electrons. The maximum absolute atomic E-state index is 2.60. The van der Waals surface area contributed by atoms with E-state index in [0.717, 1.165) is 58.0 Å². The van der Waals surface area contributed by atoms with Crippen LogP contribution < -0.4 is 29.0 Å². The molecule has 0 aliphatic carbocycles. The van der Waals surface area contributed by atoms with Gasteiger partial charge in [0, 0.05) is 129 Å². The van der Waals surface area contributed by atoms with Crippen molar-refractivity contribution in [3.8, 4) is 0 Å². The van der Waals surface area contributed by atoms with Gasteiger partial charge < -0.3 is 24.5 Å². The van der Waals surface area contributed by atoms with E-state index >= 15 is 0 Å². The molecule has 5 aromatic carbocycles. The Morgan fingerprint density at radius 3 is 0.594 bits per heavy atom. The fourth-order valence-electron chi connectivity index (χ4n) is 9.61. The zero-order chi connectivity index (χ0) is 49.3. The number of anilines is 7. The molecule has 0 heterocycles. The summed E-state index contributed by atoms with van der Waals surface area (Å²) in [6.45, 7) is 27.2. The average molecular weight is 936 g/mol. The normalized spacial score (nSPS) is 11.5. The van der Waals surface area contributed by atoms with Crippen LogP contribution in [0, 0.1) is 0 Å². The Hall–Kier alpha value is -4.94. The van der Waals surface area contributed by atoms with Crippen molar-refractivity contribution in [2.75, 3.05) is 83.9 Å². The minimum Gasteiger partial charge on any atom is -0.372 e. The number of unbranched alkanes of at least 4 members (excludes halogenated alkanes) is 8. The molecule has 0 spiro atoms. The Kier molecular flexibility index (Phi) is 23.9. The molecule has 0 N–H and O–H groups in total. The van der Waals surface area contributed by atoms with Crippen LogP contribution >= 0.6 is 0 Å². The Balaban J connectivity index is 1.61. The summed E-state index contributed by atoms with van der Waals surface area (Å²) < 4.78 is 0.564. The molecule has 0 saturated heterocycles. The third-order valence-electron chi connectivity index (χ3n) is 14.3. The molecular formula is C63H95N6+. The number of quaternary nitrogens is 1. The van der Waals surface area contributed by atoms with E-state index in [9.17, 15) is 0 Å². The van der Waals surface area contributed by atoms with Crippen LogP contribution in [0.5, 0.6) is 0 Å². The number of nitrogens with zero attached hydrogens (tertiary/aromatic N) is 6. The number of hydrogen-bond acceptors (Lipinski definition) is 5. The monoisotopic (exact) mass is 936 g/mol. The van der Waals surface area contributed by atoms with E-state index in [0.29, 0.717) is 4.48 Å². The van der Waals surface area contributed by atoms with Crippen molar-refractivity contribution >= 4 is 56.9 Å². The fourth-order valence-corrected chi connectivity index (χ4v) is 9.61. The summed E-state index contributed by atoms with van der Waals surface area (Å²) in [5.74, 6) is 0. The maximum Gasteiger partial charge on any atom is 0.142 e. The zero-order valence-corrected chi connectivity index (χ0v) is 45.2. The Morgan fingerprint density at radius 2 is 0.406 bits per heavy atom. The van der Waals surface area contributed by atoms with Gasteiger partial charge in [-0.15, -0.1) is 0 Å². The highest BCUT2D eigenvalue weighted by atomic mass is 15.3. The van der Waals surface area contributed by atoms with Crippen LogP contribution in [0.15, 0.2) is 121 Å². The third-order valence-corrected chi connectivity index (χ3v) is 14.3. The van der Waals surface area contributed by atoms with Gasteiger partial charge in [-0.3, -0.25) is 0 Å². The van der Waals surface area contributed by atoms with Gasteiger partial charge >= 0.3 is 0 Å². The molecule has 0 atom stereocenters. The van der Waals surface area contributed by atoms with E-state index in [4.69, 9.17) is 0 Å². The van der Waals surface area contributed by atoms with Gasteiger partial charge in [0.1, 0.15) is 17.1 Å². The molecule has 0 saturated carbocycles. The van der Waals surface area contributed by atoms with Crippen molar-refractivity contribution in [2.45, 2.75) is 158 Å². The fraction of sp³-hybridized carbons (Fsp3) is 0.524. The molecule has 0 bridgehead atoms. The van der Waals surface area contributed by atoms with Gasteiger partial charge in [-0.1, -0.05) is 107 Å². The first-order valence-electron chi connectivity index (χ1n) is 28.0. The van der Waals surface area contributed by atoms with E-state index < -0.39 is 0 Å². The van der Waals surface area contributed by atoms with Gasteiger partial charge in [0.15, 0.2) is 0 Å². The lowest BCUT2D eigenvalue weighted by atomic mass is 10.1. The first-order valence-corrected chi connectivity index (χ1v) is 28.0. The number of hydrogen-bond donors (Lipinski definition) is 0. The molecule has 6 nitrogen and oxygen atoms in total. The number of rotatable bonds is 34. The molecule has 0 aliphatic heterocycles. The molecule has 0 amide bonds. The third kappa shape index (κ3) is 15.5. The lowest BCUT2D eigenvalue weighted by molar-refractivity contribution is 0.626. The molecule has 0 fully saturated rings. The number of benzene rings is 5. The van der Waals surface area contributed by atoms with Crippen LogP contribution in [-0.2, 0) is 0 Å². The molecule has 0 aliphatic rings. The summed E-state index contributed by atoms with van der Waals surface area (Å²) in [5, 5.41) is 0. The lowest BCUT2D eigenvalue weighted by Crippen LogP contribution is -2.34. The van der Waals surface area contributed by atoms with Crippen LogP contribution in [0.2, 0.25) is 0 Å². The Bertz CT molecular complexity index is 1940. The Morgan fingerprint density at radius 1 is 0.246 bits per heavy atom. The largest absolute Gasteiger partial charge is 0.372 e. The van der Waals surface area contributed by atoms with Gasteiger partial charge in [-0.05, 0) is 136 Å². The first kappa shape index (κ1) is 55.0. The second kappa shape index (κ2) is 29.9. The highest BCUT2D eigenvalue weighted by Gasteiger charge is 2.32. The minimum atomic E-state index is 0.564. The van der Waals surface area contributed by atoms with Crippen molar-refractivity contribution in [2.24, 2.45) is 0 Å². The van der Waals surface area contributed by atoms with Gasteiger partial charge in [0.05, 0.1) is 7.05 Å². The van der Waals surface area contributed by atoms with Gasteiger partial charge in [0.25, 0.3) is 0 Å². The maximum atomic E-state index is 2.60. The van der Waals surface area contributed by atoms with Crippen molar-refractivity contribution in [1.82, 2.24) is 4.48 Å². The highest BCUT2D eigenvalue weighted by molar-refractivity contribution is 5.80. The van der Waals surface area contributed by atoms with Crippen LogP contribution in [0.1, 0.15) is 158 Å². The Labute approximate surface area is 422 Å². The smallest absolute Gasteiger partial charge is 0.142 e. The molecular weight excluding hydrogens is 841 g/mol. The molecule has 5 aromatic rings. The highest BCUT2D eigenvalue weighted by Crippen LogP contribution is 2.45. The van der Waals surface area contributed by atoms with Crippen molar-refractivity contribution < 1.29 is 0 Å². The van der Waals surface area contributed by atoms with E-state index in [2.05, 4.69) is 208 Å².